The van der Waals surface area contributed by atoms with E-state index in [1.54, 1.807) is 0 Å². The number of alkyl halides is 2. The fourth-order valence-electron chi connectivity index (χ4n) is 0.943. The van der Waals surface area contributed by atoms with Crippen molar-refractivity contribution in [2.45, 2.75) is 6.43 Å². The van der Waals surface area contributed by atoms with Crippen LogP contribution in [0.3, 0.4) is 0 Å². The summed E-state index contributed by atoms with van der Waals surface area (Å²) in [5.74, 6) is -1.71. The number of hydrogen-bond acceptors (Lipinski definition) is 4. The molecular formula is C7H3F3N2O3. The van der Waals surface area contributed by atoms with Gasteiger partial charge >= 0.3 is 0 Å². The number of nitrogens with zero attached hydrogens (tertiary/aromatic N) is 2. The molecule has 0 saturated heterocycles. The number of hydrogen-bond donors (Lipinski definition) is 0. The quantitative estimate of drug-likeness (QED) is 0.337. The third-order valence-electron chi connectivity index (χ3n) is 1.55. The summed E-state index contributed by atoms with van der Waals surface area (Å²) < 4.78 is 37.3. The molecule has 0 spiro atoms. The molecule has 1 aromatic rings. The standard InChI is InChI=1S/C7H3F3N2O3/c8-6(9)5-4(12(14)15)1-3(2-13)11-7(5)10/h1-2,6H. The second kappa shape index (κ2) is 4.03. The minimum atomic E-state index is -3.36. The van der Waals surface area contributed by atoms with Crippen molar-refractivity contribution in [3.63, 3.8) is 0 Å². The van der Waals surface area contributed by atoms with Crippen LogP contribution in [-0.4, -0.2) is 16.2 Å². The molecule has 0 aliphatic carbocycles. The maximum Gasteiger partial charge on any atom is 0.285 e. The van der Waals surface area contributed by atoms with Crippen LogP contribution >= 0.6 is 0 Å². The Labute approximate surface area is 80.7 Å². The number of nitro groups is 1. The number of pyridine rings is 1. The highest BCUT2D eigenvalue weighted by atomic mass is 19.3. The molecule has 0 aliphatic rings. The van der Waals surface area contributed by atoms with Crippen LogP contribution in [0.5, 0.6) is 0 Å². The van der Waals surface area contributed by atoms with Crippen molar-refractivity contribution in [2.24, 2.45) is 0 Å². The normalized spacial score (nSPS) is 10.4. The predicted octanol–water partition coefficient (Wildman–Crippen LogP) is 1.88. The second-order valence-electron chi connectivity index (χ2n) is 2.45. The Hall–Kier alpha value is -1.99. The van der Waals surface area contributed by atoms with Crippen molar-refractivity contribution in [1.29, 1.82) is 0 Å². The summed E-state index contributed by atoms with van der Waals surface area (Å²) in [5.41, 5.74) is -3.17. The Kier molecular flexibility index (Phi) is 2.98. The minimum Gasteiger partial charge on any atom is -0.296 e. The zero-order chi connectivity index (χ0) is 11.6. The molecule has 15 heavy (non-hydrogen) atoms. The topological polar surface area (TPSA) is 73.1 Å². The van der Waals surface area contributed by atoms with Gasteiger partial charge in [0.05, 0.1) is 4.92 Å². The Bertz CT molecular complexity index is 422. The van der Waals surface area contributed by atoms with Gasteiger partial charge in [-0.25, -0.2) is 13.8 Å². The van der Waals surface area contributed by atoms with Crippen LogP contribution in [0.2, 0.25) is 0 Å². The smallest absolute Gasteiger partial charge is 0.285 e. The molecule has 0 radical (unpaired) electrons. The van der Waals surface area contributed by atoms with Gasteiger partial charge in [-0.3, -0.25) is 14.9 Å². The molecule has 8 heteroatoms. The summed E-state index contributed by atoms with van der Waals surface area (Å²) in [7, 11) is 0. The third-order valence-corrected chi connectivity index (χ3v) is 1.55. The monoisotopic (exact) mass is 220 g/mol. The Morgan fingerprint density at radius 1 is 1.53 bits per heavy atom. The Morgan fingerprint density at radius 2 is 2.13 bits per heavy atom. The Balaban J connectivity index is 3.49. The summed E-state index contributed by atoms with van der Waals surface area (Å²) in [6.45, 7) is 0. The van der Waals surface area contributed by atoms with Crippen molar-refractivity contribution in [1.82, 2.24) is 4.98 Å². The van der Waals surface area contributed by atoms with E-state index in [2.05, 4.69) is 4.98 Å². The van der Waals surface area contributed by atoms with Crippen LogP contribution in [0.25, 0.3) is 0 Å². The summed E-state index contributed by atoms with van der Waals surface area (Å²) in [4.78, 5) is 22.1. The molecule has 0 saturated carbocycles. The van der Waals surface area contributed by atoms with Gasteiger partial charge in [0.15, 0.2) is 11.8 Å². The maximum atomic E-state index is 12.9. The van der Waals surface area contributed by atoms with Crippen LogP contribution in [0.4, 0.5) is 18.9 Å². The van der Waals surface area contributed by atoms with Gasteiger partial charge in [0.1, 0.15) is 5.69 Å². The van der Waals surface area contributed by atoms with E-state index >= 15 is 0 Å². The molecule has 5 nitrogen and oxygen atoms in total. The second-order valence-corrected chi connectivity index (χ2v) is 2.45. The molecule has 0 aromatic carbocycles. The van der Waals surface area contributed by atoms with E-state index < -0.39 is 34.2 Å². The molecule has 0 atom stereocenters. The van der Waals surface area contributed by atoms with Gasteiger partial charge in [-0.1, -0.05) is 0 Å². The molecule has 1 rings (SSSR count). The Morgan fingerprint density at radius 3 is 2.53 bits per heavy atom. The highest BCUT2D eigenvalue weighted by molar-refractivity contribution is 5.73. The largest absolute Gasteiger partial charge is 0.296 e. The average molecular weight is 220 g/mol. The number of carbonyl (C=O) groups is 1. The highest BCUT2D eigenvalue weighted by Gasteiger charge is 2.28. The van der Waals surface area contributed by atoms with E-state index in [-0.39, 0.29) is 6.29 Å². The van der Waals surface area contributed by atoms with Crippen LogP contribution in [0.1, 0.15) is 22.5 Å². The lowest BCUT2D eigenvalue weighted by Crippen LogP contribution is -2.04. The van der Waals surface area contributed by atoms with Gasteiger partial charge in [-0.05, 0) is 0 Å². The first-order valence-corrected chi connectivity index (χ1v) is 3.55. The van der Waals surface area contributed by atoms with E-state index in [9.17, 15) is 28.1 Å². The molecule has 0 bridgehead atoms. The first kappa shape index (κ1) is 11.1. The van der Waals surface area contributed by atoms with E-state index in [0.29, 0.717) is 6.07 Å². The van der Waals surface area contributed by atoms with Crippen molar-refractivity contribution in [3.05, 3.63) is 33.4 Å². The molecule has 80 valence electrons. The van der Waals surface area contributed by atoms with Crippen molar-refractivity contribution in [2.75, 3.05) is 0 Å². The molecule has 0 fully saturated rings. The lowest BCUT2D eigenvalue weighted by molar-refractivity contribution is -0.386. The molecule has 0 unspecified atom stereocenters. The van der Waals surface area contributed by atoms with Gasteiger partial charge in [0.25, 0.3) is 12.1 Å². The van der Waals surface area contributed by atoms with Crippen LogP contribution < -0.4 is 0 Å². The predicted molar refractivity (Wildman–Crippen MR) is 41.2 cm³/mol. The molecule has 0 aliphatic heterocycles. The molecule has 1 aromatic heterocycles. The SMILES string of the molecule is O=Cc1cc([N+](=O)[O-])c(C(F)F)c(F)n1. The summed E-state index contributed by atoms with van der Waals surface area (Å²) >= 11 is 0. The molecule has 0 N–H and O–H groups in total. The van der Waals surface area contributed by atoms with Gasteiger partial charge in [-0.15, -0.1) is 0 Å². The fraction of sp³-hybridized carbons (Fsp3) is 0.143. The lowest BCUT2D eigenvalue weighted by Gasteiger charge is -2.02. The van der Waals surface area contributed by atoms with Crippen LogP contribution in [-0.2, 0) is 0 Å². The van der Waals surface area contributed by atoms with Crippen molar-refractivity contribution < 1.29 is 22.9 Å². The van der Waals surface area contributed by atoms with Gasteiger partial charge in [-0.2, -0.15) is 4.39 Å². The average Bonchev–Trinajstić information content (AvgIpc) is 2.15. The zero-order valence-corrected chi connectivity index (χ0v) is 6.99. The highest BCUT2D eigenvalue weighted by Crippen LogP contribution is 2.30. The van der Waals surface area contributed by atoms with Gasteiger partial charge in [0, 0.05) is 6.07 Å². The number of carbonyl (C=O) groups excluding carboxylic acids is 1. The fourth-order valence-corrected chi connectivity index (χ4v) is 0.943. The number of aromatic nitrogens is 1. The first-order valence-electron chi connectivity index (χ1n) is 3.55. The minimum absolute atomic E-state index is 0.0331. The van der Waals surface area contributed by atoms with E-state index in [0.717, 1.165) is 0 Å². The van der Waals surface area contributed by atoms with E-state index in [4.69, 9.17) is 0 Å². The zero-order valence-electron chi connectivity index (χ0n) is 6.99. The number of rotatable bonds is 3. The number of halogens is 3. The van der Waals surface area contributed by atoms with Crippen LogP contribution in [0, 0.1) is 16.1 Å². The van der Waals surface area contributed by atoms with Crippen molar-refractivity contribution >= 4 is 12.0 Å². The number of aldehydes is 1. The maximum absolute atomic E-state index is 12.9. The molecule has 1 heterocycles. The molecule has 0 amide bonds. The lowest BCUT2D eigenvalue weighted by atomic mass is 10.2. The molecular weight excluding hydrogens is 217 g/mol. The van der Waals surface area contributed by atoms with Crippen LogP contribution in [0.15, 0.2) is 6.07 Å². The first-order chi connectivity index (χ1) is 6.97. The summed E-state index contributed by atoms with van der Waals surface area (Å²) in [5, 5.41) is 10.3. The third kappa shape index (κ3) is 2.09. The van der Waals surface area contributed by atoms with E-state index in [1.807, 2.05) is 0 Å². The van der Waals surface area contributed by atoms with Crippen molar-refractivity contribution in [3.8, 4) is 0 Å². The summed E-state index contributed by atoms with van der Waals surface area (Å²) in [6.07, 6.45) is -3.33. The summed E-state index contributed by atoms with van der Waals surface area (Å²) in [6, 6.07) is 0.498. The van der Waals surface area contributed by atoms with E-state index in [1.165, 1.54) is 0 Å². The van der Waals surface area contributed by atoms with Gasteiger partial charge < -0.3 is 0 Å². The van der Waals surface area contributed by atoms with Gasteiger partial charge in [0.2, 0.25) is 5.95 Å².